The molecule has 1 spiro atoms. The summed E-state index contributed by atoms with van der Waals surface area (Å²) in [6, 6.07) is 5.46. The van der Waals surface area contributed by atoms with Crippen LogP contribution in [0.5, 0.6) is 0 Å². The molecule has 2 fully saturated rings. The van der Waals surface area contributed by atoms with Crippen molar-refractivity contribution in [2.45, 2.75) is 41.8 Å². The number of hydrogen-bond donors (Lipinski definition) is 2. The minimum absolute atomic E-state index is 0.0645. The van der Waals surface area contributed by atoms with Gasteiger partial charge in [0.25, 0.3) is 0 Å². The summed E-state index contributed by atoms with van der Waals surface area (Å²) in [5.41, 5.74) is 6.82. The van der Waals surface area contributed by atoms with Crippen LogP contribution in [-0.2, 0) is 4.74 Å². The van der Waals surface area contributed by atoms with Crippen LogP contribution in [0.4, 0.5) is 5.82 Å². The van der Waals surface area contributed by atoms with Gasteiger partial charge < -0.3 is 24.9 Å². The molecule has 0 bridgehead atoms. The van der Waals surface area contributed by atoms with E-state index in [0.717, 1.165) is 49.5 Å². The molecule has 3 N–H and O–H groups in total. The molecule has 11 heteroatoms. The number of oxazole rings is 1. The molecular formula is C23H24ClN5O4S. The maximum atomic E-state index is 11.1. The summed E-state index contributed by atoms with van der Waals surface area (Å²) in [7, 11) is 0. The number of benzene rings is 1. The van der Waals surface area contributed by atoms with Crippen molar-refractivity contribution >= 4 is 35.1 Å². The van der Waals surface area contributed by atoms with Crippen LogP contribution in [0.25, 0.3) is 11.5 Å². The van der Waals surface area contributed by atoms with Gasteiger partial charge in [-0.05, 0) is 31.9 Å². The predicted octanol–water partition coefficient (Wildman–Crippen LogP) is 3.97. The van der Waals surface area contributed by atoms with Crippen LogP contribution in [-0.4, -0.2) is 57.9 Å². The molecule has 5 rings (SSSR count). The lowest BCUT2D eigenvalue weighted by molar-refractivity contribution is 0.0690. The lowest BCUT2D eigenvalue weighted by Gasteiger charge is -2.41. The number of halogens is 1. The zero-order chi connectivity index (χ0) is 23.9. The second-order valence-corrected chi connectivity index (χ2v) is 10.1. The van der Waals surface area contributed by atoms with Crippen molar-refractivity contribution in [3.63, 3.8) is 0 Å². The van der Waals surface area contributed by atoms with Gasteiger partial charge in [-0.2, -0.15) is 0 Å². The standard InChI is InChI=1S/C23H24ClN5O4S/c1-13-20(25)23(12-33-13)5-7-29(8-6-23)17-9-27-18(10-26-17)34-16-4-2-3-14(19(16)24)21-28-15(11-32-21)22(30)31/h2-4,9-11,13,20H,5-8,12,25H2,1H3,(H,30,31)/t13-,20+/m0/s1. The zero-order valence-corrected chi connectivity index (χ0v) is 20.1. The van der Waals surface area contributed by atoms with E-state index in [0.29, 0.717) is 15.6 Å². The molecule has 0 saturated carbocycles. The minimum atomic E-state index is -1.16. The van der Waals surface area contributed by atoms with Crippen LogP contribution in [0.2, 0.25) is 5.02 Å². The molecule has 2 aliphatic rings. The van der Waals surface area contributed by atoms with Crippen molar-refractivity contribution in [2.75, 3.05) is 24.6 Å². The van der Waals surface area contributed by atoms with Crippen molar-refractivity contribution in [3.8, 4) is 11.5 Å². The molecule has 2 aliphatic heterocycles. The molecule has 2 aromatic heterocycles. The summed E-state index contributed by atoms with van der Waals surface area (Å²) >= 11 is 7.94. The summed E-state index contributed by atoms with van der Waals surface area (Å²) < 4.78 is 11.1. The molecule has 0 unspecified atom stereocenters. The SMILES string of the molecule is C[C@@H]1OCC2(CCN(c3cnc(Sc4cccc(-c5nc(C(=O)O)co5)c4Cl)cn3)CC2)[C@@H]1N. The van der Waals surface area contributed by atoms with Crippen LogP contribution in [0.15, 0.2) is 51.2 Å². The second-order valence-electron chi connectivity index (χ2n) is 8.67. The Bertz CT molecular complexity index is 1200. The third kappa shape index (κ3) is 4.26. The Morgan fingerprint density at radius 2 is 2.09 bits per heavy atom. The fraction of sp³-hybridized carbons (Fsp3) is 0.391. The average molecular weight is 502 g/mol. The van der Waals surface area contributed by atoms with Gasteiger partial charge in [0.1, 0.15) is 17.1 Å². The average Bonchev–Trinajstić information content (AvgIpc) is 3.44. The summed E-state index contributed by atoms with van der Waals surface area (Å²) in [6.45, 7) is 4.52. The number of nitrogens with two attached hydrogens (primary N) is 1. The number of aromatic nitrogens is 3. The van der Waals surface area contributed by atoms with Gasteiger partial charge in [0.15, 0.2) is 5.69 Å². The van der Waals surface area contributed by atoms with Gasteiger partial charge in [0, 0.05) is 29.4 Å². The molecule has 2 saturated heterocycles. The number of nitrogens with zero attached hydrogens (tertiary/aromatic N) is 4. The van der Waals surface area contributed by atoms with Gasteiger partial charge in [-0.3, -0.25) is 0 Å². The lowest BCUT2D eigenvalue weighted by atomic mass is 9.73. The number of carboxylic acid groups (broad SMARTS) is 1. The van der Waals surface area contributed by atoms with E-state index in [1.54, 1.807) is 24.5 Å². The highest BCUT2D eigenvalue weighted by atomic mass is 35.5. The molecule has 9 nitrogen and oxygen atoms in total. The monoisotopic (exact) mass is 501 g/mol. The smallest absolute Gasteiger partial charge is 0.357 e. The number of piperidine rings is 1. The third-order valence-corrected chi connectivity index (χ3v) is 8.18. The second kappa shape index (κ2) is 9.18. The van der Waals surface area contributed by atoms with E-state index < -0.39 is 5.97 Å². The first kappa shape index (κ1) is 23.1. The maximum absolute atomic E-state index is 11.1. The van der Waals surface area contributed by atoms with E-state index in [1.807, 2.05) is 13.0 Å². The Hall–Kier alpha value is -2.66. The number of aromatic carboxylic acids is 1. The Kier molecular flexibility index (Phi) is 6.24. The highest BCUT2D eigenvalue weighted by Crippen LogP contribution is 2.42. The van der Waals surface area contributed by atoms with Gasteiger partial charge in [-0.15, -0.1) is 0 Å². The molecular weight excluding hydrogens is 478 g/mol. The van der Waals surface area contributed by atoms with E-state index in [4.69, 9.17) is 31.6 Å². The van der Waals surface area contributed by atoms with Crippen molar-refractivity contribution in [3.05, 3.63) is 47.6 Å². The van der Waals surface area contributed by atoms with E-state index in [9.17, 15) is 4.79 Å². The summed E-state index contributed by atoms with van der Waals surface area (Å²) in [6.07, 6.45) is 6.66. The van der Waals surface area contributed by atoms with E-state index in [-0.39, 0.29) is 29.1 Å². The van der Waals surface area contributed by atoms with Crippen LogP contribution >= 0.6 is 23.4 Å². The summed E-state index contributed by atoms with van der Waals surface area (Å²) in [4.78, 5) is 27.2. The largest absolute Gasteiger partial charge is 0.476 e. The first-order valence-electron chi connectivity index (χ1n) is 11.0. The van der Waals surface area contributed by atoms with Crippen molar-refractivity contribution in [2.24, 2.45) is 11.1 Å². The number of carboxylic acids is 1. The fourth-order valence-corrected chi connectivity index (χ4v) is 5.65. The first-order valence-corrected chi connectivity index (χ1v) is 12.2. The minimum Gasteiger partial charge on any atom is -0.476 e. The van der Waals surface area contributed by atoms with Gasteiger partial charge in [-0.25, -0.2) is 19.7 Å². The van der Waals surface area contributed by atoms with E-state index >= 15 is 0 Å². The van der Waals surface area contributed by atoms with Crippen LogP contribution in [0, 0.1) is 5.41 Å². The Morgan fingerprint density at radius 3 is 2.71 bits per heavy atom. The quantitative estimate of drug-likeness (QED) is 0.530. The van der Waals surface area contributed by atoms with Crippen molar-refractivity contribution < 1.29 is 19.1 Å². The highest BCUT2D eigenvalue weighted by Gasteiger charge is 2.47. The van der Waals surface area contributed by atoms with Crippen LogP contribution in [0.1, 0.15) is 30.3 Å². The van der Waals surface area contributed by atoms with Crippen molar-refractivity contribution in [1.82, 2.24) is 15.0 Å². The van der Waals surface area contributed by atoms with Gasteiger partial charge in [0.2, 0.25) is 5.89 Å². The third-order valence-electron chi connectivity index (χ3n) is 6.68. The molecule has 0 amide bonds. The molecule has 2 atom stereocenters. The Balaban J connectivity index is 1.27. The zero-order valence-electron chi connectivity index (χ0n) is 18.5. The predicted molar refractivity (Wildman–Crippen MR) is 127 cm³/mol. The van der Waals surface area contributed by atoms with Gasteiger partial charge in [-0.1, -0.05) is 29.4 Å². The topological polar surface area (TPSA) is 128 Å². The van der Waals surface area contributed by atoms with Crippen LogP contribution in [0.3, 0.4) is 0 Å². The number of rotatable bonds is 5. The molecule has 1 aromatic carbocycles. The molecule has 178 valence electrons. The number of ether oxygens (including phenoxy) is 1. The van der Waals surface area contributed by atoms with Crippen molar-refractivity contribution in [1.29, 1.82) is 0 Å². The summed E-state index contributed by atoms with van der Waals surface area (Å²) in [5, 5.41) is 10.2. The highest BCUT2D eigenvalue weighted by molar-refractivity contribution is 7.99. The molecule has 34 heavy (non-hydrogen) atoms. The van der Waals surface area contributed by atoms with Gasteiger partial charge >= 0.3 is 5.97 Å². The first-order chi connectivity index (χ1) is 16.4. The van der Waals surface area contributed by atoms with E-state index in [1.165, 1.54) is 11.8 Å². The molecule has 0 aliphatic carbocycles. The van der Waals surface area contributed by atoms with Crippen LogP contribution < -0.4 is 10.6 Å². The number of carbonyl (C=O) groups is 1. The van der Waals surface area contributed by atoms with E-state index in [2.05, 4.69) is 19.9 Å². The maximum Gasteiger partial charge on any atom is 0.357 e. The lowest BCUT2D eigenvalue weighted by Crippen LogP contribution is -2.50. The summed E-state index contributed by atoms with van der Waals surface area (Å²) in [5.74, 6) is -0.179. The molecule has 3 aromatic rings. The number of hydrogen-bond acceptors (Lipinski definition) is 9. The molecule has 0 radical (unpaired) electrons. The molecule has 4 heterocycles. The Morgan fingerprint density at radius 1 is 1.29 bits per heavy atom. The fourth-order valence-electron chi connectivity index (χ4n) is 4.54. The van der Waals surface area contributed by atoms with Gasteiger partial charge in [0.05, 0.1) is 35.7 Å². The normalized spacial score (nSPS) is 21.8. The number of anilines is 1. The Labute approximate surface area is 205 Å².